The second kappa shape index (κ2) is 13.0. The molecule has 286 valence electrons. The Morgan fingerprint density at radius 3 is 1.89 bits per heavy atom. The quantitative estimate of drug-likeness (QED) is 0.125. The summed E-state index contributed by atoms with van der Waals surface area (Å²) in [5, 5.41) is 6.71. The molecule has 7 nitrogen and oxygen atoms in total. The van der Waals surface area contributed by atoms with Gasteiger partial charge in [0.2, 0.25) is 0 Å². The van der Waals surface area contributed by atoms with Gasteiger partial charge in [-0.1, -0.05) is 115 Å². The van der Waals surface area contributed by atoms with Crippen LogP contribution in [0.2, 0.25) is 0 Å². The molecule has 13 rings (SSSR count). The van der Waals surface area contributed by atoms with E-state index in [4.69, 9.17) is 14.1 Å². The maximum atomic E-state index is 6.74. The van der Waals surface area contributed by atoms with Gasteiger partial charge in [-0.15, -0.1) is 0 Å². The van der Waals surface area contributed by atoms with Crippen LogP contribution in [0.5, 0.6) is 11.5 Å². The van der Waals surface area contributed by atoms with Crippen LogP contribution in [-0.2, 0) is 0 Å². The van der Waals surface area contributed by atoms with E-state index in [0.717, 1.165) is 94.4 Å². The smallest absolute Gasteiger partial charge is 0.269 e. The summed E-state index contributed by atoms with van der Waals surface area (Å²) in [6.07, 6.45) is 5.57. The van der Waals surface area contributed by atoms with Crippen LogP contribution < -0.4 is 9.30 Å². The van der Waals surface area contributed by atoms with Gasteiger partial charge in [0.05, 0.1) is 55.5 Å². The van der Waals surface area contributed by atoms with Crippen molar-refractivity contribution in [3.63, 3.8) is 0 Å². The fourth-order valence-electron chi connectivity index (χ4n) is 9.34. The lowest BCUT2D eigenvalue weighted by atomic mass is 10.1. The highest BCUT2D eigenvalue weighted by Gasteiger charge is 2.21. The highest BCUT2D eigenvalue weighted by atomic mass is 16.5. The largest absolute Gasteiger partial charge is 0.458 e. The molecule has 0 N–H and O–H groups in total. The van der Waals surface area contributed by atoms with Gasteiger partial charge in [-0.25, -0.2) is 4.98 Å². The van der Waals surface area contributed by atoms with Crippen molar-refractivity contribution in [3.05, 3.63) is 207 Å². The highest BCUT2D eigenvalue weighted by Crippen LogP contribution is 2.40. The lowest BCUT2D eigenvalue weighted by molar-refractivity contribution is -0.572. The zero-order valence-electron chi connectivity index (χ0n) is 32.6. The Labute approximate surface area is 348 Å². The van der Waals surface area contributed by atoms with Crippen LogP contribution in [0.1, 0.15) is 0 Å². The summed E-state index contributed by atoms with van der Waals surface area (Å²) in [5.41, 5.74) is 11.1. The molecule has 7 heteroatoms. The molecule has 0 aliphatic carbocycles. The van der Waals surface area contributed by atoms with Crippen LogP contribution in [0.4, 0.5) is 0 Å². The van der Waals surface area contributed by atoms with Crippen molar-refractivity contribution in [2.75, 3.05) is 0 Å². The fourth-order valence-corrected chi connectivity index (χ4v) is 9.34. The molecule has 0 amide bonds. The number of pyridine rings is 1. The van der Waals surface area contributed by atoms with Gasteiger partial charge in [-0.05, 0) is 72.8 Å². The third kappa shape index (κ3) is 5.04. The van der Waals surface area contributed by atoms with Gasteiger partial charge in [0.1, 0.15) is 28.5 Å². The van der Waals surface area contributed by atoms with Crippen LogP contribution in [0.3, 0.4) is 0 Å². The average molecular weight is 784 g/mol. The van der Waals surface area contributed by atoms with E-state index in [9.17, 15) is 0 Å². The van der Waals surface area contributed by atoms with E-state index in [2.05, 4.69) is 176 Å². The summed E-state index contributed by atoms with van der Waals surface area (Å²) in [6.45, 7) is 0. The van der Waals surface area contributed by atoms with Crippen molar-refractivity contribution < 1.29 is 13.7 Å². The standard InChI is InChI=1S/C54H33N5O2/c1-5-20-43-38(16-1)39-17-2-6-21-44(39)58(43)49-26-11-10-25-48(49)57-34-56(46-23-8-9-24-47(46)57)35-14-13-15-36(32-35)60-37-28-29-41-40-18-3-7-22-45(40)59(50(41)33-37)54-53-42-19-4-12-27-51(42)61-52(53)30-31-55-54/h1-33H. The molecule has 0 unspecified atom stereocenters. The van der Waals surface area contributed by atoms with Crippen molar-refractivity contribution in [1.29, 1.82) is 0 Å². The first kappa shape index (κ1) is 33.5. The summed E-state index contributed by atoms with van der Waals surface area (Å²) in [4.78, 5) is 4.98. The van der Waals surface area contributed by atoms with E-state index in [-0.39, 0.29) is 0 Å². The van der Waals surface area contributed by atoms with E-state index in [0.29, 0.717) is 5.75 Å². The molecule has 0 saturated carbocycles. The maximum absolute atomic E-state index is 6.74. The minimum Gasteiger partial charge on any atom is -0.458 e. The van der Waals surface area contributed by atoms with Gasteiger partial charge in [-0.2, -0.15) is 0 Å². The number of furan rings is 1. The number of hydrogen-bond acceptors (Lipinski definition) is 3. The van der Waals surface area contributed by atoms with E-state index < -0.39 is 0 Å². The van der Waals surface area contributed by atoms with Crippen LogP contribution in [0, 0.1) is 6.33 Å². The Hall–Kier alpha value is -8.42. The first-order chi connectivity index (χ1) is 30.3. The van der Waals surface area contributed by atoms with Crippen LogP contribution in [0.15, 0.2) is 205 Å². The Kier molecular flexibility index (Phi) is 7.17. The van der Waals surface area contributed by atoms with Crippen LogP contribution in [-0.4, -0.2) is 18.7 Å². The number of aromatic nitrogens is 5. The molecule has 0 bridgehead atoms. The van der Waals surface area contributed by atoms with Crippen LogP contribution >= 0.6 is 0 Å². The third-order valence-electron chi connectivity index (χ3n) is 11.9. The number of rotatable bonds is 6. The first-order valence-corrected chi connectivity index (χ1v) is 20.4. The van der Waals surface area contributed by atoms with Crippen molar-refractivity contribution in [2.24, 2.45) is 0 Å². The summed E-state index contributed by atoms with van der Waals surface area (Å²) in [5.74, 6) is 2.24. The number of hydrogen-bond donors (Lipinski definition) is 0. The van der Waals surface area contributed by atoms with Crippen molar-refractivity contribution in [2.45, 2.75) is 0 Å². The summed E-state index contributed by atoms with van der Waals surface area (Å²) < 4.78 is 21.9. The number of imidazole rings is 1. The summed E-state index contributed by atoms with van der Waals surface area (Å²) in [6, 6.07) is 67.3. The molecule has 8 aromatic carbocycles. The molecular weight excluding hydrogens is 751 g/mol. The normalized spacial score (nSPS) is 11.9. The minimum atomic E-state index is 0.712. The lowest BCUT2D eigenvalue weighted by Crippen LogP contribution is -2.31. The van der Waals surface area contributed by atoms with Crippen LogP contribution in [0.25, 0.3) is 99.5 Å². The molecule has 13 aromatic rings. The van der Waals surface area contributed by atoms with E-state index >= 15 is 0 Å². The fraction of sp³-hybridized carbons (Fsp3) is 0. The Balaban J connectivity index is 0.929. The van der Waals surface area contributed by atoms with E-state index in [1.54, 1.807) is 0 Å². The van der Waals surface area contributed by atoms with Gasteiger partial charge < -0.3 is 13.7 Å². The molecule has 0 radical (unpaired) electrons. The molecule has 0 fully saturated rings. The maximum Gasteiger partial charge on any atom is 0.269 e. The second-order valence-electron chi connectivity index (χ2n) is 15.4. The zero-order valence-corrected chi connectivity index (χ0v) is 32.6. The van der Waals surface area contributed by atoms with Crippen molar-refractivity contribution >= 4 is 76.6 Å². The van der Waals surface area contributed by atoms with E-state index in [1.807, 2.05) is 48.7 Å². The third-order valence-corrected chi connectivity index (χ3v) is 11.9. The monoisotopic (exact) mass is 783 g/mol. The van der Waals surface area contributed by atoms with Gasteiger partial charge in [0.25, 0.3) is 6.33 Å². The predicted octanol–water partition coefficient (Wildman–Crippen LogP) is 13.0. The van der Waals surface area contributed by atoms with E-state index in [1.165, 1.54) is 10.8 Å². The molecule has 5 heterocycles. The number of nitrogens with zero attached hydrogens (tertiary/aromatic N) is 5. The molecule has 0 saturated heterocycles. The van der Waals surface area contributed by atoms with Crippen molar-refractivity contribution in [3.8, 4) is 34.4 Å². The summed E-state index contributed by atoms with van der Waals surface area (Å²) >= 11 is 0. The lowest BCUT2D eigenvalue weighted by Gasteiger charge is -2.14. The second-order valence-corrected chi connectivity index (χ2v) is 15.4. The minimum absolute atomic E-state index is 0.712. The number of ether oxygens (including phenoxy) is 1. The Bertz CT molecular complexity index is 3830. The molecule has 5 aromatic heterocycles. The van der Waals surface area contributed by atoms with Gasteiger partial charge in [-0.3, -0.25) is 13.7 Å². The molecule has 0 atom stereocenters. The SMILES string of the molecule is [c-]1n(-c2cccc(Oc3ccc4c5ccccc5n(-c5nccc6oc7ccccc7c56)c4c3)c2)c2ccccc2[n+]1-c1ccccc1-n1c2ccccc2c2ccccc21. The van der Waals surface area contributed by atoms with Gasteiger partial charge >= 0.3 is 0 Å². The molecule has 0 spiro atoms. The van der Waals surface area contributed by atoms with Gasteiger partial charge in [0, 0.05) is 39.2 Å². The number of fused-ring (bicyclic) bond motifs is 10. The first-order valence-electron chi connectivity index (χ1n) is 20.4. The average Bonchev–Trinajstić information content (AvgIpc) is 4.07. The zero-order chi connectivity index (χ0) is 40.0. The van der Waals surface area contributed by atoms with Gasteiger partial charge in [0.15, 0.2) is 0 Å². The van der Waals surface area contributed by atoms with Crippen molar-refractivity contribution in [1.82, 2.24) is 18.7 Å². The highest BCUT2D eigenvalue weighted by molar-refractivity contribution is 6.14. The molecule has 0 aliphatic rings. The topological polar surface area (TPSA) is 53.9 Å². The predicted molar refractivity (Wildman–Crippen MR) is 244 cm³/mol. The molecular formula is C54H33N5O2. The Morgan fingerprint density at radius 2 is 1.10 bits per heavy atom. The number of para-hydroxylation sites is 8. The summed E-state index contributed by atoms with van der Waals surface area (Å²) in [7, 11) is 0. The molecule has 61 heavy (non-hydrogen) atoms. The number of benzene rings is 8. The molecule has 0 aliphatic heterocycles. The Morgan fingerprint density at radius 1 is 0.475 bits per heavy atom.